The van der Waals surface area contributed by atoms with Gasteiger partial charge in [0.25, 0.3) is 0 Å². The van der Waals surface area contributed by atoms with E-state index in [0.29, 0.717) is 37.3 Å². The van der Waals surface area contributed by atoms with Gasteiger partial charge in [-0.25, -0.2) is 8.42 Å². The molecule has 0 saturated carbocycles. The molecule has 2 N–H and O–H groups in total. The zero-order valence-electron chi connectivity index (χ0n) is 16.7. The van der Waals surface area contributed by atoms with Crippen LogP contribution in [0.2, 0.25) is 0 Å². The first-order chi connectivity index (χ1) is 13.9. The van der Waals surface area contributed by atoms with Gasteiger partial charge in [0.15, 0.2) is 5.11 Å². The highest BCUT2D eigenvalue weighted by atomic mass is 32.2. The molecule has 1 unspecified atom stereocenters. The van der Waals surface area contributed by atoms with Crippen molar-refractivity contribution >= 4 is 38.7 Å². The molecule has 1 aliphatic heterocycles. The number of sulfonamides is 1. The van der Waals surface area contributed by atoms with Gasteiger partial charge in [0, 0.05) is 24.5 Å². The van der Waals surface area contributed by atoms with Gasteiger partial charge in [-0.2, -0.15) is 4.31 Å². The Morgan fingerprint density at radius 2 is 1.76 bits per heavy atom. The molecule has 0 aromatic heterocycles. The number of nitrogens with one attached hydrogen (secondary N) is 2. The predicted molar refractivity (Wildman–Crippen MR) is 121 cm³/mol. The number of ether oxygens (including phenoxy) is 1. The average molecular weight is 434 g/mol. The summed E-state index contributed by atoms with van der Waals surface area (Å²) in [6.45, 7) is 5.96. The van der Waals surface area contributed by atoms with E-state index in [9.17, 15) is 8.42 Å². The minimum Gasteiger partial charge on any atom is -0.379 e. The van der Waals surface area contributed by atoms with E-state index >= 15 is 0 Å². The lowest BCUT2D eigenvalue weighted by atomic mass is 9.97. The van der Waals surface area contributed by atoms with Crippen LogP contribution in [-0.2, 0) is 14.8 Å². The molecular formula is C21H27N3O3S2. The summed E-state index contributed by atoms with van der Waals surface area (Å²) >= 11 is 5.45. The number of nitrogens with zero attached hydrogens (tertiary/aromatic N) is 1. The van der Waals surface area contributed by atoms with Gasteiger partial charge in [-0.05, 0) is 60.5 Å². The number of anilines is 2. The Balaban J connectivity index is 1.66. The number of hydrogen-bond donors (Lipinski definition) is 2. The molecule has 0 spiro atoms. The van der Waals surface area contributed by atoms with E-state index in [1.54, 1.807) is 24.3 Å². The van der Waals surface area contributed by atoms with Crippen molar-refractivity contribution in [3.05, 3.63) is 54.1 Å². The second-order valence-corrected chi connectivity index (χ2v) is 9.36. The maximum atomic E-state index is 12.7. The van der Waals surface area contributed by atoms with E-state index in [-0.39, 0.29) is 4.90 Å². The smallest absolute Gasteiger partial charge is 0.243 e. The second kappa shape index (κ2) is 9.67. The van der Waals surface area contributed by atoms with Crippen LogP contribution in [0.3, 0.4) is 0 Å². The van der Waals surface area contributed by atoms with Crippen LogP contribution in [0.1, 0.15) is 31.7 Å². The van der Waals surface area contributed by atoms with Gasteiger partial charge in [-0.15, -0.1) is 0 Å². The van der Waals surface area contributed by atoms with E-state index in [2.05, 4.69) is 30.5 Å². The molecule has 0 amide bonds. The van der Waals surface area contributed by atoms with Crippen molar-refractivity contribution in [2.24, 2.45) is 0 Å². The van der Waals surface area contributed by atoms with Gasteiger partial charge in [0.05, 0.1) is 18.1 Å². The van der Waals surface area contributed by atoms with Crippen LogP contribution in [0, 0.1) is 0 Å². The lowest BCUT2D eigenvalue weighted by Gasteiger charge is -2.26. The molecule has 29 heavy (non-hydrogen) atoms. The number of para-hydroxylation sites is 1. The molecule has 1 atom stereocenters. The van der Waals surface area contributed by atoms with Crippen LogP contribution in [0.5, 0.6) is 0 Å². The van der Waals surface area contributed by atoms with Crippen molar-refractivity contribution in [2.45, 2.75) is 31.1 Å². The van der Waals surface area contributed by atoms with Crippen LogP contribution in [0.4, 0.5) is 11.4 Å². The molecular weight excluding hydrogens is 406 g/mol. The summed E-state index contributed by atoms with van der Waals surface area (Å²) in [5.41, 5.74) is 2.92. The van der Waals surface area contributed by atoms with E-state index in [1.807, 2.05) is 18.2 Å². The monoisotopic (exact) mass is 433 g/mol. The number of morpholine rings is 1. The van der Waals surface area contributed by atoms with Gasteiger partial charge in [-0.3, -0.25) is 0 Å². The molecule has 0 radical (unpaired) electrons. The summed E-state index contributed by atoms with van der Waals surface area (Å²) in [6, 6.07) is 14.8. The van der Waals surface area contributed by atoms with Gasteiger partial charge in [0.2, 0.25) is 10.0 Å². The van der Waals surface area contributed by atoms with E-state index in [4.69, 9.17) is 17.0 Å². The molecule has 2 aromatic carbocycles. The number of hydrogen-bond acceptors (Lipinski definition) is 4. The molecule has 156 valence electrons. The van der Waals surface area contributed by atoms with E-state index < -0.39 is 10.0 Å². The third-order valence-corrected chi connectivity index (χ3v) is 7.19. The number of benzene rings is 2. The summed E-state index contributed by atoms with van der Waals surface area (Å²) in [7, 11) is -3.50. The summed E-state index contributed by atoms with van der Waals surface area (Å²) in [4.78, 5) is 0.269. The normalized spacial score (nSPS) is 16.2. The minimum absolute atomic E-state index is 0.269. The third kappa shape index (κ3) is 5.33. The van der Waals surface area contributed by atoms with E-state index in [0.717, 1.165) is 17.8 Å². The summed E-state index contributed by atoms with van der Waals surface area (Å²) in [6.07, 6.45) is 1.04. The molecule has 1 fully saturated rings. The fraction of sp³-hybridized carbons (Fsp3) is 0.381. The van der Waals surface area contributed by atoms with Crippen molar-refractivity contribution in [3.8, 4) is 0 Å². The Bertz CT molecular complexity index is 940. The first kappa shape index (κ1) is 21.7. The zero-order valence-corrected chi connectivity index (χ0v) is 18.4. The molecule has 1 aliphatic rings. The van der Waals surface area contributed by atoms with E-state index in [1.165, 1.54) is 9.87 Å². The minimum atomic E-state index is -3.50. The SMILES string of the molecule is CCC(C)c1ccccc1NC(=S)Nc1ccc(S(=O)(=O)N2CCOCC2)cc1. The Morgan fingerprint density at radius 1 is 1.10 bits per heavy atom. The highest BCUT2D eigenvalue weighted by Gasteiger charge is 2.26. The highest BCUT2D eigenvalue weighted by molar-refractivity contribution is 7.89. The third-order valence-electron chi connectivity index (χ3n) is 5.07. The molecule has 0 bridgehead atoms. The summed E-state index contributed by atoms with van der Waals surface area (Å²) in [5, 5.41) is 6.84. The van der Waals surface area contributed by atoms with Crippen LogP contribution >= 0.6 is 12.2 Å². The average Bonchev–Trinajstić information content (AvgIpc) is 2.74. The highest BCUT2D eigenvalue weighted by Crippen LogP contribution is 2.27. The Morgan fingerprint density at radius 3 is 2.41 bits per heavy atom. The first-order valence-electron chi connectivity index (χ1n) is 9.76. The lowest BCUT2D eigenvalue weighted by Crippen LogP contribution is -2.40. The van der Waals surface area contributed by atoms with Crippen molar-refractivity contribution < 1.29 is 13.2 Å². The largest absolute Gasteiger partial charge is 0.379 e. The van der Waals surface area contributed by atoms with Crippen molar-refractivity contribution in [1.29, 1.82) is 0 Å². The van der Waals surface area contributed by atoms with Crippen LogP contribution < -0.4 is 10.6 Å². The molecule has 1 heterocycles. The van der Waals surface area contributed by atoms with Gasteiger partial charge in [-0.1, -0.05) is 32.0 Å². The molecule has 3 rings (SSSR count). The van der Waals surface area contributed by atoms with Crippen LogP contribution in [0.15, 0.2) is 53.4 Å². The Hall–Kier alpha value is -2.00. The molecule has 6 nitrogen and oxygen atoms in total. The van der Waals surface area contributed by atoms with Crippen molar-refractivity contribution in [3.63, 3.8) is 0 Å². The summed E-state index contributed by atoms with van der Waals surface area (Å²) in [5.74, 6) is 0.422. The summed E-state index contributed by atoms with van der Waals surface area (Å²) < 4.78 is 32.1. The molecule has 2 aromatic rings. The fourth-order valence-corrected chi connectivity index (χ4v) is 4.83. The maximum Gasteiger partial charge on any atom is 0.243 e. The van der Waals surface area contributed by atoms with Gasteiger partial charge in [0.1, 0.15) is 0 Å². The number of rotatable bonds is 6. The van der Waals surface area contributed by atoms with Crippen LogP contribution in [-0.4, -0.2) is 44.1 Å². The maximum absolute atomic E-state index is 12.7. The standard InChI is InChI=1S/C21H27N3O3S2/c1-3-16(2)19-6-4-5-7-20(19)23-21(28)22-17-8-10-18(11-9-17)29(25,26)24-12-14-27-15-13-24/h4-11,16H,3,12-15H2,1-2H3,(H2,22,23,28). The first-order valence-corrected chi connectivity index (χ1v) is 11.6. The second-order valence-electron chi connectivity index (χ2n) is 7.02. The molecule has 1 saturated heterocycles. The zero-order chi connectivity index (χ0) is 20.9. The molecule has 8 heteroatoms. The van der Waals surface area contributed by atoms with Crippen molar-refractivity contribution in [2.75, 3.05) is 36.9 Å². The predicted octanol–water partition coefficient (Wildman–Crippen LogP) is 4.03. The Labute approximate surface area is 178 Å². The molecule has 0 aliphatic carbocycles. The van der Waals surface area contributed by atoms with Crippen molar-refractivity contribution in [1.82, 2.24) is 4.31 Å². The van der Waals surface area contributed by atoms with Crippen LogP contribution in [0.25, 0.3) is 0 Å². The van der Waals surface area contributed by atoms with Gasteiger partial charge >= 0.3 is 0 Å². The number of thiocarbonyl (C=S) groups is 1. The topological polar surface area (TPSA) is 70.7 Å². The quantitative estimate of drug-likeness (QED) is 0.671. The lowest BCUT2D eigenvalue weighted by molar-refractivity contribution is 0.0730. The Kier molecular flexibility index (Phi) is 7.23. The van der Waals surface area contributed by atoms with Gasteiger partial charge < -0.3 is 15.4 Å². The fourth-order valence-electron chi connectivity index (χ4n) is 3.19.